The van der Waals surface area contributed by atoms with Crippen molar-refractivity contribution in [1.29, 1.82) is 0 Å². The second kappa shape index (κ2) is 8.78. The van der Waals surface area contributed by atoms with Crippen LogP contribution in [-0.2, 0) is 13.1 Å². The van der Waals surface area contributed by atoms with Gasteiger partial charge in [-0.05, 0) is 65.4 Å². The standard InChI is InChI=1S/C24H22FN3O/c1-2-3-4-17-5-7-19(8-6-17)21-13-18(16-25)14-22(15-21)24-27-23(28-29-24)20-9-11-26-12-10-20/h5-15H,2-4,16H2,1H3. The van der Waals surface area contributed by atoms with Crippen LogP contribution in [0.4, 0.5) is 4.39 Å². The molecule has 4 nitrogen and oxygen atoms in total. The summed E-state index contributed by atoms with van der Waals surface area (Å²) in [6.45, 7) is 1.64. The third-order valence-electron chi connectivity index (χ3n) is 4.86. The Bertz CT molecular complexity index is 1070. The van der Waals surface area contributed by atoms with Crippen LogP contribution in [0.15, 0.2) is 71.5 Å². The lowest BCUT2D eigenvalue weighted by Gasteiger charge is -2.08. The minimum atomic E-state index is -0.555. The van der Waals surface area contributed by atoms with Crippen molar-refractivity contribution in [3.05, 3.63) is 78.1 Å². The molecule has 4 aromatic rings. The highest BCUT2D eigenvalue weighted by Crippen LogP contribution is 2.29. The van der Waals surface area contributed by atoms with Crippen LogP contribution in [-0.4, -0.2) is 15.1 Å². The molecule has 2 heterocycles. The van der Waals surface area contributed by atoms with E-state index in [4.69, 9.17) is 4.52 Å². The predicted molar refractivity (Wildman–Crippen MR) is 112 cm³/mol. The van der Waals surface area contributed by atoms with E-state index in [-0.39, 0.29) is 0 Å². The lowest BCUT2D eigenvalue weighted by Crippen LogP contribution is -1.89. The van der Waals surface area contributed by atoms with Crippen LogP contribution in [0.3, 0.4) is 0 Å². The first-order valence-corrected chi connectivity index (χ1v) is 9.80. The van der Waals surface area contributed by atoms with Crippen molar-refractivity contribution in [2.75, 3.05) is 0 Å². The SMILES string of the molecule is CCCCc1ccc(-c2cc(CF)cc(-c3nc(-c4ccncc4)no3)c2)cc1. The summed E-state index contributed by atoms with van der Waals surface area (Å²) in [5.74, 6) is 0.850. The van der Waals surface area contributed by atoms with Crippen molar-refractivity contribution in [3.8, 4) is 34.0 Å². The molecule has 0 saturated heterocycles. The average Bonchev–Trinajstić information content (AvgIpc) is 3.29. The van der Waals surface area contributed by atoms with Crippen molar-refractivity contribution in [2.24, 2.45) is 0 Å². The third kappa shape index (κ3) is 4.40. The van der Waals surface area contributed by atoms with Gasteiger partial charge in [0.1, 0.15) is 6.67 Å². The Morgan fingerprint density at radius 3 is 2.31 bits per heavy atom. The van der Waals surface area contributed by atoms with Gasteiger partial charge in [0.25, 0.3) is 5.89 Å². The Hall–Kier alpha value is -3.34. The number of unbranched alkanes of at least 4 members (excludes halogenated alkanes) is 1. The number of aryl methyl sites for hydroxylation is 1. The number of hydrogen-bond acceptors (Lipinski definition) is 4. The van der Waals surface area contributed by atoms with Crippen LogP contribution in [0.25, 0.3) is 34.0 Å². The molecule has 4 rings (SSSR count). The molecule has 0 N–H and O–H groups in total. The second-order valence-electron chi connectivity index (χ2n) is 7.01. The lowest BCUT2D eigenvalue weighted by atomic mass is 9.98. The van der Waals surface area contributed by atoms with Gasteiger partial charge in [0.15, 0.2) is 0 Å². The van der Waals surface area contributed by atoms with E-state index in [1.54, 1.807) is 18.5 Å². The highest BCUT2D eigenvalue weighted by molar-refractivity contribution is 5.71. The van der Waals surface area contributed by atoms with Crippen LogP contribution < -0.4 is 0 Å². The molecule has 0 unspecified atom stereocenters. The van der Waals surface area contributed by atoms with Crippen molar-refractivity contribution in [2.45, 2.75) is 32.9 Å². The zero-order valence-electron chi connectivity index (χ0n) is 16.3. The first kappa shape index (κ1) is 19.0. The summed E-state index contributed by atoms with van der Waals surface area (Å²) in [5, 5.41) is 4.05. The number of rotatable bonds is 7. The number of pyridine rings is 1. The normalized spacial score (nSPS) is 11.0. The van der Waals surface area contributed by atoms with Crippen LogP contribution in [0.5, 0.6) is 0 Å². The second-order valence-corrected chi connectivity index (χ2v) is 7.01. The first-order valence-electron chi connectivity index (χ1n) is 9.80. The summed E-state index contributed by atoms with van der Waals surface area (Å²) >= 11 is 0. The molecule has 146 valence electrons. The fourth-order valence-electron chi connectivity index (χ4n) is 3.26. The van der Waals surface area contributed by atoms with Gasteiger partial charge in [-0.2, -0.15) is 4.98 Å². The topological polar surface area (TPSA) is 51.8 Å². The van der Waals surface area contributed by atoms with Gasteiger partial charge >= 0.3 is 0 Å². The Balaban J connectivity index is 1.66. The first-order chi connectivity index (χ1) is 14.3. The molecular formula is C24H22FN3O. The van der Waals surface area contributed by atoms with Crippen LogP contribution in [0.1, 0.15) is 30.9 Å². The predicted octanol–water partition coefficient (Wildman–Crippen LogP) is 6.28. The molecule has 0 spiro atoms. The highest BCUT2D eigenvalue weighted by atomic mass is 19.1. The van der Waals surface area contributed by atoms with E-state index in [0.29, 0.717) is 22.8 Å². The summed E-state index contributed by atoms with van der Waals surface area (Å²) in [5.41, 5.74) is 5.39. The molecule has 5 heteroatoms. The zero-order chi connectivity index (χ0) is 20.1. The number of aromatic nitrogens is 3. The van der Waals surface area contributed by atoms with E-state index in [1.165, 1.54) is 18.4 Å². The van der Waals surface area contributed by atoms with E-state index in [0.717, 1.165) is 23.1 Å². The van der Waals surface area contributed by atoms with Crippen molar-refractivity contribution >= 4 is 0 Å². The Kier molecular flexibility index (Phi) is 5.75. The van der Waals surface area contributed by atoms with Gasteiger partial charge in [0.2, 0.25) is 5.82 Å². The fraction of sp³-hybridized carbons (Fsp3) is 0.208. The van der Waals surface area contributed by atoms with Gasteiger partial charge in [-0.15, -0.1) is 0 Å². The smallest absolute Gasteiger partial charge is 0.258 e. The largest absolute Gasteiger partial charge is 0.334 e. The Morgan fingerprint density at radius 2 is 1.59 bits per heavy atom. The van der Waals surface area contributed by atoms with E-state index in [9.17, 15) is 4.39 Å². The maximum Gasteiger partial charge on any atom is 0.258 e. The molecule has 0 fully saturated rings. The van der Waals surface area contributed by atoms with Crippen molar-refractivity contribution in [3.63, 3.8) is 0 Å². The van der Waals surface area contributed by atoms with Crippen LogP contribution in [0.2, 0.25) is 0 Å². The molecule has 2 aromatic carbocycles. The number of hydrogen-bond donors (Lipinski definition) is 0. The summed E-state index contributed by atoms with van der Waals surface area (Å²) in [7, 11) is 0. The van der Waals surface area contributed by atoms with Crippen molar-refractivity contribution in [1.82, 2.24) is 15.1 Å². The molecular weight excluding hydrogens is 365 g/mol. The van der Waals surface area contributed by atoms with E-state index in [1.807, 2.05) is 24.3 Å². The molecule has 2 aromatic heterocycles. The lowest BCUT2D eigenvalue weighted by molar-refractivity contribution is 0.432. The monoisotopic (exact) mass is 387 g/mol. The molecule has 0 aliphatic heterocycles. The minimum Gasteiger partial charge on any atom is -0.334 e. The van der Waals surface area contributed by atoms with Crippen molar-refractivity contribution < 1.29 is 8.91 Å². The molecule has 0 amide bonds. The van der Waals surface area contributed by atoms with Gasteiger partial charge in [0.05, 0.1) is 0 Å². The quantitative estimate of drug-likeness (QED) is 0.375. The number of nitrogens with zero attached hydrogens (tertiary/aromatic N) is 3. The van der Waals surface area contributed by atoms with E-state index in [2.05, 4.69) is 46.3 Å². The summed E-state index contributed by atoms with van der Waals surface area (Å²) < 4.78 is 19.0. The van der Waals surface area contributed by atoms with Gasteiger partial charge in [-0.1, -0.05) is 42.8 Å². The molecule has 0 atom stereocenters. The van der Waals surface area contributed by atoms with Crippen LogP contribution >= 0.6 is 0 Å². The van der Waals surface area contributed by atoms with Gasteiger partial charge < -0.3 is 4.52 Å². The molecule has 0 bridgehead atoms. The highest BCUT2D eigenvalue weighted by Gasteiger charge is 2.13. The molecule has 0 saturated carbocycles. The molecule has 0 aliphatic carbocycles. The average molecular weight is 387 g/mol. The number of alkyl halides is 1. The number of benzene rings is 2. The molecule has 0 radical (unpaired) electrons. The third-order valence-corrected chi connectivity index (χ3v) is 4.86. The minimum absolute atomic E-state index is 0.368. The summed E-state index contributed by atoms with van der Waals surface area (Å²) in [4.78, 5) is 8.48. The van der Waals surface area contributed by atoms with Gasteiger partial charge in [-0.3, -0.25) is 4.98 Å². The number of halogens is 1. The van der Waals surface area contributed by atoms with Gasteiger partial charge in [0, 0.05) is 23.5 Å². The maximum atomic E-state index is 13.5. The Labute approximate surface area is 169 Å². The van der Waals surface area contributed by atoms with Crippen LogP contribution in [0, 0.1) is 0 Å². The maximum absolute atomic E-state index is 13.5. The summed E-state index contributed by atoms with van der Waals surface area (Å²) in [6, 6.07) is 17.7. The molecule has 0 aliphatic rings. The van der Waals surface area contributed by atoms with Gasteiger partial charge in [-0.25, -0.2) is 4.39 Å². The Morgan fingerprint density at radius 1 is 0.828 bits per heavy atom. The fourth-order valence-corrected chi connectivity index (χ4v) is 3.26. The van der Waals surface area contributed by atoms with E-state index < -0.39 is 6.67 Å². The molecule has 29 heavy (non-hydrogen) atoms. The zero-order valence-corrected chi connectivity index (χ0v) is 16.3. The van der Waals surface area contributed by atoms with E-state index >= 15 is 0 Å². The summed E-state index contributed by atoms with van der Waals surface area (Å²) in [6.07, 6.45) is 6.79.